The number of ether oxygens (including phenoxy) is 1. The van der Waals surface area contributed by atoms with Crippen molar-refractivity contribution in [2.24, 2.45) is 0 Å². The third-order valence-electron chi connectivity index (χ3n) is 2.34. The van der Waals surface area contributed by atoms with Gasteiger partial charge in [0.25, 0.3) is 5.91 Å². The van der Waals surface area contributed by atoms with E-state index in [-0.39, 0.29) is 9.90 Å². The van der Waals surface area contributed by atoms with E-state index in [4.69, 9.17) is 27.9 Å². The number of hydrogen-bond acceptors (Lipinski definition) is 4. The van der Waals surface area contributed by atoms with Gasteiger partial charge in [0.15, 0.2) is 6.61 Å². The molecule has 110 valence electrons. The molecule has 1 heterocycles. The van der Waals surface area contributed by atoms with E-state index < -0.39 is 18.5 Å². The lowest BCUT2D eigenvalue weighted by Crippen LogP contribution is -2.20. The molecule has 0 aliphatic rings. The van der Waals surface area contributed by atoms with Crippen LogP contribution in [-0.4, -0.2) is 18.5 Å². The average Bonchev–Trinajstić information content (AvgIpc) is 2.78. The lowest BCUT2D eigenvalue weighted by molar-refractivity contribution is -0.119. The van der Waals surface area contributed by atoms with Gasteiger partial charge in [-0.05, 0) is 52.9 Å². The standard InChI is InChI=1S/C13H8Cl2INO3S/c14-10-5-9(12(15)21-10)13(19)20-6-11(18)17-8-3-1-7(16)2-4-8/h1-5H,6H2,(H,17,18). The molecule has 1 aromatic heterocycles. The number of benzene rings is 1. The highest BCUT2D eigenvalue weighted by Gasteiger charge is 2.16. The minimum Gasteiger partial charge on any atom is -0.452 e. The van der Waals surface area contributed by atoms with Gasteiger partial charge in [0.2, 0.25) is 0 Å². The molecular formula is C13H8Cl2INO3S. The predicted molar refractivity (Wildman–Crippen MR) is 92.4 cm³/mol. The van der Waals surface area contributed by atoms with Crippen LogP contribution in [-0.2, 0) is 9.53 Å². The Bertz CT molecular complexity index is 673. The van der Waals surface area contributed by atoms with E-state index in [0.717, 1.165) is 14.9 Å². The molecule has 0 saturated carbocycles. The molecule has 0 saturated heterocycles. The van der Waals surface area contributed by atoms with Gasteiger partial charge in [0.1, 0.15) is 4.34 Å². The van der Waals surface area contributed by atoms with Crippen molar-refractivity contribution in [1.82, 2.24) is 0 Å². The van der Waals surface area contributed by atoms with Crippen molar-refractivity contribution in [2.45, 2.75) is 0 Å². The van der Waals surface area contributed by atoms with Gasteiger partial charge < -0.3 is 10.1 Å². The number of hydrogen-bond donors (Lipinski definition) is 1. The predicted octanol–water partition coefficient (Wildman–Crippen LogP) is 4.46. The summed E-state index contributed by atoms with van der Waals surface area (Å²) in [6, 6.07) is 8.65. The Morgan fingerprint density at radius 2 is 1.90 bits per heavy atom. The van der Waals surface area contributed by atoms with E-state index in [1.54, 1.807) is 12.1 Å². The van der Waals surface area contributed by atoms with Gasteiger partial charge in [-0.25, -0.2) is 4.79 Å². The first-order valence-corrected chi connectivity index (χ1v) is 8.28. The Labute approximate surface area is 148 Å². The summed E-state index contributed by atoms with van der Waals surface area (Å²) >= 11 is 14.8. The number of rotatable bonds is 4. The summed E-state index contributed by atoms with van der Waals surface area (Å²) in [6.45, 7) is -0.394. The van der Waals surface area contributed by atoms with Crippen LogP contribution >= 0.6 is 57.1 Å². The maximum Gasteiger partial charge on any atom is 0.341 e. The normalized spacial score (nSPS) is 10.2. The summed E-state index contributed by atoms with van der Waals surface area (Å²) in [5, 5.41) is 2.62. The van der Waals surface area contributed by atoms with Crippen LogP contribution in [0.4, 0.5) is 5.69 Å². The lowest BCUT2D eigenvalue weighted by atomic mass is 10.3. The molecule has 0 unspecified atom stereocenters. The fraction of sp³-hybridized carbons (Fsp3) is 0.0769. The summed E-state index contributed by atoms with van der Waals surface area (Å²) in [4.78, 5) is 23.4. The molecule has 0 radical (unpaired) electrons. The largest absolute Gasteiger partial charge is 0.452 e. The van der Waals surface area contributed by atoms with Gasteiger partial charge in [0, 0.05) is 9.26 Å². The highest BCUT2D eigenvalue weighted by atomic mass is 127. The van der Waals surface area contributed by atoms with E-state index in [0.29, 0.717) is 10.0 Å². The van der Waals surface area contributed by atoms with Crippen molar-refractivity contribution in [3.8, 4) is 0 Å². The third-order valence-corrected chi connectivity index (χ3v) is 4.55. The van der Waals surface area contributed by atoms with Crippen LogP contribution in [0.5, 0.6) is 0 Å². The molecule has 4 nitrogen and oxygen atoms in total. The molecular weight excluding hydrogens is 448 g/mol. The Balaban J connectivity index is 1.88. The molecule has 1 amide bonds. The maximum absolute atomic E-state index is 11.7. The van der Waals surface area contributed by atoms with Gasteiger partial charge >= 0.3 is 5.97 Å². The number of amides is 1. The topological polar surface area (TPSA) is 55.4 Å². The first-order chi connectivity index (χ1) is 9.95. The Kier molecular flexibility index (Phi) is 5.86. The number of carbonyl (C=O) groups excluding carboxylic acids is 2. The van der Waals surface area contributed by atoms with Crippen LogP contribution in [0, 0.1) is 3.57 Å². The summed E-state index contributed by atoms with van der Waals surface area (Å²) in [7, 11) is 0. The number of nitrogens with one attached hydrogen (secondary N) is 1. The SMILES string of the molecule is O=C(COC(=O)c1cc(Cl)sc1Cl)Nc1ccc(I)cc1. The third kappa shape index (κ3) is 4.84. The zero-order valence-corrected chi connectivity index (χ0v) is 14.8. The summed E-state index contributed by atoms with van der Waals surface area (Å²) < 4.78 is 6.57. The summed E-state index contributed by atoms with van der Waals surface area (Å²) in [6.07, 6.45) is 0. The molecule has 1 N–H and O–H groups in total. The Hall–Kier alpha value is -0.830. The second-order valence-corrected chi connectivity index (χ2v) is 7.40. The molecule has 0 aliphatic heterocycles. The second-order valence-electron chi connectivity index (χ2n) is 3.87. The van der Waals surface area contributed by atoms with Gasteiger partial charge in [-0.3, -0.25) is 4.79 Å². The van der Waals surface area contributed by atoms with Gasteiger partial charge in [0.05, 0.1) is 9.90 Å². The summed E-state index contributed by atoms with van der Waals surface area (Å²) in [5.74, 6) is -1.11. The first kappa shape index (κ1) is 16.5. The quantitative estimate of drug-likeness (QED) is 0.547. The molecule has 2 rings (SSSR count). The van der Waals surface area contributed by atoms with Crippen molar-refractivity contribution in [3.05, 3.63) is 48.1 Å². The lowest BCUT2D eigenvalue weighted by Gasteiger charge is -2.06. The van der Waals surface area contributed by atoms with Crippen LogP contribution in [0.3, 0.4) is 0 Å². The van der Waals surface area contributed by atoms with E-state index in [1.807, 2.05) is 12.1 Å². The second kappa shape index (κ2) is 7.44. The van der Waals surface area contributed by atoms with Crippen molar-refractivity contribution in [2.75, 3.05) is 11.9 Å². The highest BCUT2D eigenvalue weighted by molar-refractivity contribution is 14.1. The van der Waals surface area contributed by atoms with Crippen molar-refractivity contribution in [1.29, 1.82) is 0 Å². The van der Waals surface area contributed by atoms with E-state index in [1.165, 1.54) is 6.07 Å². The van der Waals surface area contributed by atoms with E-state index in [2.05, 4.69) is 27.9 Å². The van der Waals surface area contributed by atoms with Crippen molar-refractivity contribution in [3.63, 3.8) is 0 Å². The van der Waals surface area contributed by atoms with Crippen LogP contribution in [0.2, 0.25) is 8.67 Å². The van der Waals surface area contributed by atoms with Crippen LogP contribution in [0.15, 0.2) is 30.3 Å². The Morgan fingerprint density at radius 3 is 2.48 bits per heavy atom. The number of esters is 1. The molecule has 8 heteroatoms. The first-order valence-electron chi connectivity index (χ1n) is 5.63. The minimum absolute atomic E-state index is 0.161. The monoisotopic (exact) mass is 455 g/mol. The number of thiophene rings is 1. The van der Waals surface area contributed by atoms with E-state index >= 15 is 0 Å². The molecule has 21 heavy (non-hydrogen) atoms. The summed E-state index contributed by atoms with van der Waals surface area (Å²) in [5.41, 5.74) is 0.793. The molecule has 0 bridgehead atoms. The zero-order valence-electron chi connectivity index (χ0n) is 10.4. The minimum atomic E-state index is -0.680. The number of halogens is 3. The Morgan fingerprint density at radius 1 is 1.24 bits per heavy atom. The van der Waals surface area contributed by atoms with Gasteiger partial charge in [-0.2, -0.15) is 0 Å². The van der Waals surface area contributed by atoms with Crippen molar-refractivity contribution < 1.29 is 14.3 Å². The van der Waals surface area contributed by atoms with Gasteiger partial charge in [-0.1, -0.05) is 23.2 Å². The average molecular weight is 456 g/mol. The molecule has 0 atom stereocenters. The molecule has 0 aliphatic carbocycles. The van der Waals surface area contributed by atoms with Crippen LogP contribution < -0.4 is 5.32 Å². The number of carbonyl (C=O) groups is 2. The fourth-order valence-corrected chi connectivity index (χ4v) is 3.22. The van der Waals surface area contributed by atoms with Crippen LogP contribution in [0.25, 0.3) is 0 Å². The zero-order chi connectivity index (χ0) is 15.4. The smallest absolute Gasteiger partial charge is 0.341 e. The molecule has 2 aromatic rings. The van der Waals surface area contributed by atoms with E-state index in [9.17, 15) is 9.59 Å². The van der Waals surface area contributed by atoms with Gasteiger partial charge in [-0.15, -0.1) is 11.3 Å². The maximum atomic E-state index is 11.7. The van der Waals surface area contributed by atoms with Crippen LogP contribution in [0.1, 0.15) is 10.4 Å². The molecule has 0 fully saturated rings. The molecule has 1 aromatic carbocycles. The molecule has 0 spiro atoms. The fourth-order valence-electron chi connectivity index (χ4n) is 1.42. The van der Waals surface area contributed by atoms with Crippen molar-refractivity contribution >= 4 is 74.7 Å². The highest BCUT2D eigenvalue weighted by Crippen LogP contribution is 2.31. The number of anilines is 1.